The van der Waals surface area contributed by atoms with Crippen LogP contribution in [0, 0.1) is 5.92 Å². The van der Waals surface area contributed by atoms with Crippen molar-refractivity contribution in [1.82, 2.24) is 0 Å². The maximum atomic E-state index is 4.79. The van der Waals surface area contributed by atoms with Crippen molar-refractivity contribution in [2.75, 3.05) is 11.1 Å². The number of halogens is 2. The van der Waals surface area contributed by atoms with Gasteiger partial charge in [0.1, 0.15) is 0 Å². The van der Waals surface area contributed by atoms with Gasteiger partial charge in [-0.3, -0.25) is 4.99 Å². The van der Waals surface area contributed by atoms with Gasteiger partial charge in [0.2, 0.25) is 0 Å². The van der Waals surface area contributed by atoms with E-state index in [0.29, 0.717) is 12.0 Å². The van der Waals surface area contributed by atoms with E-state index in [1.54, 1.807) is 11.8 Å². The standard InChI is InChI=1S/C13H16Br2N2S/c1-8(2)11-6-7-18-13(16-11)17-12-9(14)4-3-5-10(12)15/h3-5,8,11H,6-7H2,1-2H3,(H,16,17). The van der Waals surface area contributed by atoms with Gasteiger partial charge in [-0.05, 0) is 56.3 Å². The molecule has 1 heterocycles. The Hall–Kier alpha value is -0.000000000000000111. The topological polar surface area (TPSA) is 24.4 Å². The maximum absolute atomic E-state index is 4.79. The average molecular weight is 392 g/mol. The second-order valence-corrected chi connectivity index (χ2v) is 7.40. The number of nitrogens with zero attached hydrogens (tertiary/aromatic N) is 1. The number of rotatable bonds is 2. The van der Waals surface area contributed by atoms with Crippen LogP contribution in [0.2, 0.25) is 0 Å². The predicted molar refractivity (Wildman–Crippen MR) is 88.6 cm³/mol. The highest BCUT2D eigenvalue weighted by molar-refractivity contribution is 9.11. The minimum Gasteiger partial charge on any atom is -0.333 e. The third-order valence-electron chi connectivity index (χ3n) is 2.90. The Labute approximate surface area is 129 Å². The van der Waals surface area contributed by atoms with Gasteiger partial charge in [0.05, 0.1) is 11.7 Å². The molecule has 5 heteroatoms. The summed E-state index contributed by atoms with van der Waals surface area (Å²) in [5, 5.41) is 4.44. The largest absolute Gasteiger partial charge is 0.333 e. The van der Waals surface area contributed by atoms with Gasteiger partial charge in [-0.1, -0.05) is 31.7 Å². The van der Waals surface area contributed by atoms with Gasteiger partial charge in [0.15, 0.2) is 5.17 Å². The van der Waals surface area contributed by atoms with Crippen LogP contribution in [0.1, 0.15) is 20.3 Å². The van der Waals surface area contributed by atoms with Gasteiger partial charge >= 0.3 is 0 Å². The van der Waals surface area contributed by atoms with Gasteiger partial charge in [0, 0.05) is 14.7 Å². The Balaban J connectivity index is 2.18. The summed E-state index contributed by atoms with van der Waals surface area (Å²) in [6.07, 6.45) is 1.17. The van der Waals surface area contributed by atoms with Crippen molar-refractivity contribution in [2.45, 2.75) is 26.3 Å². The molecule has 0 aliphatic carbocycles. The number of nitrogens with one attached hydrogen (secondary N) is 1. The molecular formula is C13H16Br2N2S. The van der Waals surface area contributed by atoms with Crippen molar-refractivity contribution in [3.05, 3.63) is 27.1 Å². The predicted octanol–water partition coefficient (Wildman–Crippen LogP) is 5.14. The SMILES string of the molecule is CC(C)C1CCSC(Nc2c(Br)cccc2Br)=N1. The van der Waals surface area contributed by atoms with Crippen LogP contribution in [0.15, 0.2) is 32.1 Å². The molecule has 1 atom stereocenters. The van der Waals surface area contributed by atoms with E-state index >= 15 is 0 Å². The monoisotopic (exact) mass is 390 g/mol. The van der Waals surface area contributed by atoms with Crippen LogP contribution in [0.25, 0.3) is 0 Å². The minimum absolute atomic E-state index is 0.440. The Morgan fingerprint density at radius 1 is 1.33 bits per heavy atom. The molecule has 98 valence electrons. The zero-order valence-electron chi connectivity index (χ0n) is 10.4. The lowest BCUT2D eigenvalue weighted by Crippen LogP contribution is -2.24. The van der Waals surface area contributed by atoms with Crippen molar-refractivity contribution < 1.29 is 0 Å². The fraction of sp³-hybridized carbons (Fsp3) is 0.462. The maximum Gasteiger partial charge on any atom is 0.161 e. The molecule has 1 aliphatic heterocycles. The molecule has 2 rings (SSSR count). The number of aliphatic imine (C=N–C) groups is 1. The zero-order valence-corrected chi connectivity index (χ0v) is 14.4. The number of benzene rings is 1. The number of para-hydroxylation sites is 1. The molecule has 0 saturated carbocycles. The van der Waals surface area contributed by atoms with Crippen LogP contribution in [0.5, 0.6) is 0 Å². The van der Waals surface area contributed by atoms with Crippen molar-refractivity contribution in [3.8, 4) is 0 Å². The average Bonchev–Trinajstić information content (AvgIpc) is 2.34. The highest BCUT2D eigenvalue weighted by atomic mass is 79.9. The van der Waals surface area contributed by atoms with Crippen LogP contribution in [0.3, 0.4) is 0 Å². The molecule has 1 aliphatic rings. The zero-order chi connectivity index (χ0) is 13.1. The molecule has 18 heavy (non-hydrogen) atoms. The number of anilines is 1. The molecule has 0 radical (unpaired) electrons. The molecule has 1 N–H and O–H groups in total. The van der Waals surface area contributed by atoms with E-state index in [0.717, 1.165) is 25.6 Å². The van der Waals surface area contributed by atoms with E-state index in [1.807, 2.05) is 18.2 Å². The summed E-state index contributed by atoms with van der Waals surface area (Å²) in [7, 11) is 0. The van der Waals surface area contributed by atoms with Gasteiger partial charge in [-0.15, -0.1) is 0 Å². The highest BCUT2D eigenvalue weighted by Gasteiger charge is 2.19. The van der Waals surface area contributed by atoms with Crippen LogP contribution in [-0.2, 0) is 0 Å². The van der Waals surface area contributed by atoms with E-state index < -0.39 is 0 Å². The lowest BCUT2D eigenvalue weighted by molar-refractivity contribution is 0.485. The fourth-order valence-corrected chi connectivity index (χ4v) is 3.94. The molecule has 0 bridgehead atoms. The Kier molecular flexibility index (Phi) is 5.15. The number of amidine groups is 1. The van der Waals surface area contributed by atoms with Gasteiger partial charge in [0.25, 0.3) is 0 Å². The first kappa shape index (κ1) is 14.4. The Bertz CT molecular complexity index is 440. The summed E-state index contributed by atoms with van der Waals surface area (Å²) in [5.41, 5.74) is 1.05. The molecule has 1 aromatic carbocycles. The first-order valence-corrected chi connectivity index (χ1v) is 8.56. The van der Waals surface area contributed by atoms with E-state index in [1.165, 1.54) is 6.42 Å². The summed E-state index contributed by atoms with van der Waals surface area (Å²) in [6.45, 7) is 4.46. The molecule has 0 fully saturated rings. The summed E-state index contributed by atoms with van der Waals surface area (Å²) < 4.78 is 2.10. The van der Waals surface area contributed by atoms with Crippen LogP contribution in [0.4, 0.5) is 5.69 Å². The van der Waals surface area contributed by atoms with E-state index in [9.17, 15) is 0 Å². The first-order chi connectivity index (χ1) is 8.58. The molecule has 0 saturated heterocycles. The van der Waals surface area contributed by atoms with Gasteiger partial charge < -0.3 is 5.32 Å². The normalized spacial score (nSPS) is 19.8. The third kappa shape index (κ3) is 3.52. The first-order valence-electron chi connectivity index (χ1n) is 5.99. The molecule has 0 spiro atoms. The lowest BCUT2D eigenvalue weighted by Gasteiger charge is -2.23. The van der Waals surface area contributed by atoms with Crippen molar-refractivity contribution in [3.63, 3.8) is 0 Å². The van der Waals surface area contributed by atoms with Crippen LogP contribution >= 0.6 is 43.6 Å². The summed E-state index contributed by atoms with van der Waals surface area (Å²) in [4.78, 5) is 4.79. The fourth-order valence-electron chi connectivity index (χ4n) is 1.80. The van der Waals surface area contributed by atoms with Crippen molar-refractivity contribution in [2.24, 2.45) is 10.9 Å². The highest BCUT2D eigenvalue weighted by Crippen LogP contribution is 2.32. The smallest absolute Gasteiger partial charge is 0.161 e. The molecule has 2 nitrogen and oxygen atoms in total. The van der Waals surface area contributed by atoms with Crippen LogP contribution < -0.4 is 5.32 Å². The second-order valence-electron chi connectivity index (χ2n) is 4.60. The second kappa shape index (κ2) is 6.44. The van der Waals surface area contributed by atoms with Crippen LogP contribution in [-0.4, -0.2) is 17.0 Å². The summed E-state index contributed by atoms with van der Waals surface area (Å²) in [5.74, 6) is 1.74. The minimum atomic E-state index is 0.440. The summed E-state index contributed by atoms with van der Waals surface area (Å²) in [6, 6.07) is 6.50. The summed E-state index contributed by atoms with van der Waals surface area (Å²) >= 11 is 8.92. The molecular weight excluding hydrogens is 376 g/mol. The van der Waals surface area contributed by atoms with Crippen molar-refractivity contribution in [1.29, 1.82) is 0 Å². The number of hydrogen-bond donors (Lipinski definition) is 1. The van der Waals surface area contributed by atoms with E-state index in [2.05, 4.69) is 51.0 Å². The van der Waals surface area contributed by atoms with Gasteiger partial charge in [-0.2, -0.15) is 0 Å². The third-order valence-corrected chi connectivity index (χ3v) is 5.14. The lowest BCUT2D eigenvalue weighted by atomic mass is 10.0. The number of hydrogen-bond acceptors (Lipinski definition) is 3. The Morgan fingerprint density at radius 3 is 2.61 bits per heavy atom. The van der Waals surface area contributed by atoms with Gasteiger partial charge in [-0.25, -0.2) is 0 Å². The molecule has 1 aromatic rings. The number of thioether (sulfide) groups is 1. The van der Waals surface area contributed by atoms with E-state index in [4.69, 9.17) is 4.99 Å². The molecule has 1 unspecified atom stereocenters. The molecule has 0 aromatic heterocycles. The van der Waals surface area contributed by atoms with Crippen molar-refractivity contribution >= 4 is 54.5 Å². The Morgan fingerprint density at radius 2 is 2.00 bits per heavy atom. The quantitative estimate of drug-likeness (QED) is 0.754. The van der Waals surface area contributed by atoms with E-state index in [-0.39, 0.29) is 0 Å². The molecule has 0 amide bonds.